The van der Waals surface area contributed by atoms with E-state index in [2.05, 4.69) is 46.6 Å². The van der Waals surface area contributed by atoms with Gasteiger partial charge in [-0.05, 0) is 58.6 Å². The van der Waals surface area contributed by atoms with Crippen molar-refractivity contribution in [1.29, 1.82) is 0 Å². The summed E-state index contributed by atoms with van der Waals surface area (Å²) in [4.78, 5) is 53.0. The Bertz CT molecular complexity index is 1660. The van der Waals surface area contributed by atoms with Crippen LogP contribution in [-0.2, 0) is 16.1 Å². The fourth-order valence-corrected chi connectivity index (χ4v) is 5.26. The number of hydrogen-bond acceptors (Lipinski definition) is 8. The van der Waals surface area contributed by atoms with E-state index < -0.39 is 24.0 Å². The van der Waals surface area contributed by atoms with Crippen molar-refractivity contribution in [2.75, 3.05) is 17.2 Å². The van der Waals surface area contributed by atoms with Crippen molar-refractivity contribution in [1.82, 2.24) is 29.6 Å². The molecule has 11 nitrogen and oxygen atoms in total. The molecule has 2 N–H and O–H groups in total. The predicted octanol–water partition coefficient (Wildman–Crippen LogP) is 4.01. The average molecular weight is 621 g/mol. The summed E-state index contributed by atoms with van der Waals surface area (Å²) in [5.41, 5.74) is 2.34. The van der Waals surface area contributed by atoms with Gasteiger partial charge in [-0.1, -0.05) is 12.1 Å². The van der Waals surface area contributed by atoms with Gasteiger partial charge in [0.05, 0.1) is 12.1 Å². The molecule has 4 aromatic rings. The van der Waals surface area contributed by atoms with Gasteiger partial charge in [-0.15, -0.1) is 0 Å². The summed E-state index contributed by atoms with van der Waals surface area (Å²) in [6.07, 6.45) is 4.20. The number of alkyl halides is 1. The summed E-state index contributed by atoms with van der Waals surface area (Å²) >= 11 is 3.25. The lowest BCUT2D eigenvalue weighted by molar-refractivity contribution is -0.137. The molecule has 41 heavy (non-hydrogen) atoms. The fourth-order valence-electron chi connectivity index (χ4n) is 4.92. The number of carbonyl (C=O) groups excluding carboxylic acids is 3. The van der Waals surface area contributed by atoms with Gasteiger partial charge in [-0.25, -0.2) is 19.3 Å². The van der Waals surface area contributed by atoms with Gasteiger partial charge < -0.3 is 15.5 Å². The first kappa shape index (κ1) is 26.9. The number of nitrogens with zero attached hydrogens (tertiary/aromatic N) is 6. The van der Waals surface area contributed by atoms with Gasteiger partial charge in [0.25, 0.3) is 0 Å². The van der Waals surface area contributed by atoms with Gasteiger partial charge in [0.15, 0.2) is 5.78 Å². The van der Waals surface area contributed by atoms with E-state index in [9.17, 15) is 18.8 Å². The molecule has 13 heteroatoms. The normalized spacial score (nSPS) is 18.5. The maximum absolute atomic E-state index is 14.5. The molecule has 1 saturated heterocycles. The average Bonchev–Trinajstić information content (AvgIpc) is 3.56. The van der Waals surface area contributed by atoms with Crippen LogP contribution in [0.5, 0.6) is 0 Å². The van der Waals surface area contributed by atoms with Crippen LogP contribution < -0.4 is 10.6 Å². The predicted molar refractivity (Wildman–Crippen MR) is 153 cm³/mol. The van der Waals surface area contributed by atoms with Gasteiger partial charge in [-0.3, -0.25) is 19.1 Å². The number of pyridine rings is 1. The first-order valence-corrected chi connectivity index (χ1v) is 14.0. The van der Waals surface area contributed by atoms with Crippen molar-refractivity contribution < 1.29 is 18.8 Å². The van der Waals surface area contributed by atoms with Crippen LogP contribution in [0.1, 0.15) is 36.7 Å². The number of halogens is 2. The zero-order valence-electron chi connectivity index (χ0n) is 22.1. The summed E-state index contributed by atoms with van der Waals surface area (Å²) < 4.78 is 16.4. The summed E-state index contributed by atoms with van der Waals surface area (Å²) in [5.74, 6) is -0.404. The molecule has 2 amide bonds. The minimum absolute atomic E-state index is 0.121. The van der Waals surface area contributed by atoms with Crippen LogP contribution in [0.15, 0.2) is 53.4 Å². The number of ketones is 1. The standard InChI is InChI=1S/C28H26BrFN8O3/c1-15(39)26-20-9-16(17-11-31-28(32-12-17)33-19-6-7-19)5-8-21(20)38(36-26)14-25(40)37-13-18(30)10-22(37)27(41)35-24-4-2-3-23(29)34-24/h2-5,8-9,11-12,18-19,22H,6-7,10,13-14H2,1H3,(H,31,32,33)(H,34,35,41)/t18-,22+/m1/s1. The summed E-state index contributed by atoms with van der Waals surface area (Å²) in [6.45, 7) is 0.934. The Morgan fingerprint density at radius 2 is 1.88 bits per heavy atom. The number of anilines is 2. The van der Waals surface area contributed by atoms with Crippen LogP contribution in [0.3, 0.4) is 0 Å². The van der Waals surface area contributed by atoms with Crippen molar-refractivity contribution in [3.63, 3.8) is 0 Å². The van der Waals surface area contributed by atoms with Gasteiger partial charge in [0, 0.05) is 42.7 Å². The Morgan fingerprint density at radius 1 is 1.10 bits per heavy atom. The van der Waals surface area contributed by atoms with Gasteiger partial charge in [0.1, 0.15) is 34.9 Å². The lowest BCUT2D eigenvalue weighted by atomic mass is 10.0. The molecule has 0 spiro atoms. The van der Waals surface area contributed by atoms with Crippen LogP contribution in [0.2, 0.25) is 0 Å². The Hall–Kier alpha value is -4.26. The third kappa shape index (κ3) is 5.80. The highest BCUT2D eigenvalue weighted by Crippen LogP contribution is 2.29. The maximum Gasteiger partial charge on any atom is 0.248 e. The molecule has 1 aliphatic carbocycles. The van der Waals surface area contributed by atoms with E-state index >= 15 is 0 Å². The fraction of sp³-hybridized carbons (Fsp3) is 0.321. The summed E-state index contributed by atoms with van der Waals surface area (Å²) in [5, 5.41) is 10.9. The van der Waals surface area contributed by atoms with E-state index in [0.29, 0.717) is 33.3 Å². The number of amides is 2. The van der Waals surface area contributed by atoms with Gasteiger partial charge in [-0.2, -0.15) is 5.10 Å². The van der Waals surface area contributed by atoms with Gasteiger partial charge >= 0.3 is 0 Å². The Balaban J connectivity index is 1.23. The number of benzene rings is 1. The lowest BCUT2D eigenvalue weighted by Crippen LogP contribution is -2.44. The molecule has 1 aliphatic heterocycles. The minimum Gasteiger partial charge on any atom is -0.351 e. The molecule has 3 aromatic heterocycles. The van der Waals surface area contributed by atoms with Crippen LogP contribution in [-0.4, -0.2) is 72.0 Å². The number of hydrogen-bond donors (Lipinski definition) is 2. The number of nitrogens with one attached hydrogen (secondary N) is 2. The van der Waals surface area contributed by atoms with Crippen LogP contribution in [0, 0.1) is 0 Å². The highest BCUT2D eigenvalue weighted by Gasteiger charge is 2.40. The monoisotopic (exact) mass is 620 g/mol. The van der Waals surface area contributed by atoms with Crippen molar-refractivity contribution >= 4 is 56.2 Å². The second kappa shape index (κ2) is 11.0. The first-order valence-electron chi connectivity index (χ1n) is 13.2. The molecule has 2 atom stereocenters. The summed E-state index contributed by atoms with van der Waals surface area (Å²) in [6, 6.07) is 9.90. The number of aromatic nitrogens is 5. The molecule has 0 unspecified atom stereocenters. The first-order chi connectivity index (χ1) is 19.7. The quantitative estimate of drug-likeness (QED) is 0.223. The molecule has 1 saturated carbocycles. The van der Waals surface area contributed by atoms with E-state index in [1.807, 2.05) is 12.1 Å². The largest absolute Gasteiger partial charge is 0.351 e. The number of carbonyl (C=O) groups is 3. The molecule has 2 aliphatic rings. The second-order valence-corrected chi connectivity index (χ2v) is 11.1. The van der Waals surface area contributed by atoms with Crippen LogP contribution in [0.25, 0.3) is 22.0 Å². The van der Waals surface area contributed by atoms with E-state index in [0.717, 1.165) is 24.0 Å². The van der Waals surface area contributed by atoms with E-state index in [-0.39, 0.29) is 31.0 Å². The van der Waals surface area contributed by atoms with Crippen molar-refractivity contribution in [3.05, 3.63) is 59.1 Å². The highest BCUT2D eigenvalue weighted by molar-refractivity contribution is 9.10. The smallest absolute Gasteiger partial charge is 0.248 e. The second-order valence-electron chi connectivity index (χ2n) is 10.2. The Labute approximate surface area is 242 Å². The molecule has 0 bridgehead atoms. The number of likely N-dealkylation sites (tertiary alicyclic amines) is 1. The van der Waals surface area contributed by atoms with E-state index in [1.54, 1.807) is 36.7 Å². The highest BCUT2D eigenvalue weighted by atomic mass is 79.9. The molecule has 1 aromatic carbocycles. The molecule has 2 fully saturated rings. The lowest BCUT2D eigenvalue weighted by Gasteiger charge is -2.23. The van der Waals surface area contributed by atoms with Crippen molar-refractivity contribution in [3.8, 4) is 11.1 Å². The van der Waals surface area contributed by atoms with E-state index in [1.165, 1.54) is 16.5 Å². The molecular formula is C28H26BrFN8O3. The van der Waals surface area contributed by atoms with E-state index in [4.69, 9.17) is 0 Å². The molecule has 4 heterocycles. The molecule has 6 rings (SSSR count). The Kier molecular flexibility index (Phi) is 7.20. The maximum atomic E-state index is 14.5. The molecule has 210 valence electrons. The Morgan fingerprint density at radius 3 is 2.59 bits per heavy atom. The third-order valence-corrected chi connectivity index (χ3v) is 7.55. The van der Waals surface area contributed by atoms with Crippen molar-refractivity contribution in [2.45, 2.75) is 51.0 Å². The molecular weight excluding hydrogens is 595 g/mol. The van der Waals surface area contributed by atoms with Gasteiger partial charge in [0.2, 0.25) is 17.8 Å². The minimum atomic E-state index is -1.34. The zero-order chi connectivity index (χ0) is 28.7. The summed E-state index contributed by atoms with van der Waals surface area (Å²) in [7, 11) is 0. The number of fused-ring (bicyclic) bond motifs is 1. The zero-order valence-corrected chi connectivity index (χ0v) is 23.6. The number of rotatable bonds is 8. The topological polar surface area (TPSA) is 135 Å². The SMILES string of the molecule is CC(=O)c1nn(CC(=O)N2C[C@H](F)C[C@H]2C(=O)Nc2cccc(Br)n2)c2ccc(-c3cnc(NC4CC4)nc3)cc12. The molecule has 0 radical (unpaired) electrons. The van der Waals surface area contributed by atoms with Crippen molar-refractivity contribution in [2.24, 2.45) is 0 Å². The third-order valence-electron chi connectivity index (χ3n) is 7.10. The number of Topliss-reactive ketones (excluding diaryl/α,β-unsaturated/α-hetero) is 1. The van der Waals surface area contributed by atoms with Crippen LogP contribution >= 0.6 is 15.9 Å². The van der Waals surface area contributed by atoms with Crippen LogP contribution in [0.4, 0.5) is 16.2 Å².